The normalized spacial score (nSPS) is 15.2. The number of aryl methyl sites for hydroxylation is 1. The van der Waals surface area contributed by atoms with Crippen LogP contribution in [0.1, 0.15) is 23.1 Å². The summed E-state index contributed by atoms with van der Waals surface area (Å²) in [5, 5.41) is 21.0. The van der Waals surface area contributed by atoms with Gasteiger partial charge >= 0.3 is 0 Å². The van der Waals surface area contributed by atoms with Crippen molar-refractivity contribution < 1.29 is 5.21 Å². The van der Waals surface area contributed by atoms with Gasteiger partial charge < -0.3 is 5.21 Å². The van der Waals surface area contributed by atoms with Crippen LogP contribution in [0.2, 0.25) is 0 Å². The molecule has 1 N–H and O–H groups in total. The molecule has 0 saturated heterocycles. The molecule has 3 nitrogen and oxygen atoms in total. The lowest BCUT2D eigenvalue weighted by Gasteiger charge is -2.05. The maximum atomic E-state index is 8.91. The Morgan fingerprint density at radius 1 is 1.00 bits per heavy atom. The number of benzene rings is 2. The lowest BCUT2D eigenvalue weighted by molar-refractivity contribution is 0.318. The monoisotopic (exact) mass is 248 g/mol. The molecule has 0 saturated carbocycles. The molecule has 3 rings (SSSR count). The van der Waals surface area contributed by atoms with Crippen molar-refractivity contribution in [2.45, 2.75) is 12.8 Å². The molecule has 1 aliphatic rings. The third kappa shape index (κ3) is 1.98. The number of nitrogens with zero attached hydrogens (tertiary/aromatic N) is 2. The van der Waals surface area contributed by atoms with E-state index >= 15 is 0 Å². The van der Waals surface area contributed by atoms with Gasteiger partial charge in [-0.3, -0.25) is 0 Å². The highest BCUT2D eigenvalue weighted by molar-refractivity contribution is 6.04. The summed E-state index contributed by atoms with van der Waals surface area (Å²) < 4.78 is 0. The van der Waals surface area contributed by atoms with E-state index in [9.17, 15) is 0 Å². The SMILES string of the molecule is N#Cc1ccc(-c2ccc3c(c2)CC/C3=N\O)cc1. The average molecular weight is 248 g/mol. The smallest absolute Gasteiger partial charge is 0.0991 e. The quantitative estimate of drug-likeness (QED) is 0.621. The largest absolute Gasteiger partial charge is 0.411 e. The fourth-order valence-electron chi connectivity index (χ4n) is 2.49. The van der Waals surface area contributed by atoms with Crippen LogP contribution in [0.15, 0.2) is 47.6 Å². The molecule has 0 aliphatic heterocycles. The lowest BCUT2D eigenvalue weighted by Crippen LogP contribution is -1.93. The van der Waals surface area contributed by atoms with Gasteiger partial charge in [-0.05, 0) is 41.7 Å². The highest BCUT2D eigenvalue weighted by Crippen LogP contribution is 2.28. The van der Waals surface area contributed by atoms with Gasteiger partial charge in [0.05, 0.1) is 17.3 Å². The first-order chi connectivity index (χ1) is 9.31. The fraction of sp³-hybridized carbons (Fsp3) is 0.125. The molecule has 0 unspecified atom stereocenters. The van der Waals surface area contributed by atoms with E-state index in [4.69, 9.17) is 10.5 Å². The van der Waals surface area contributed by atoms with Crippen LogP contribution < -0.4 is 0 Å². The van der Waals surface area contributed by atoms with Crippen molar-refractivity contribution >= 4 is 5.71 Å². The highest BCUT2D eigenvalue weighted by Gasteiger charge is 2.18. The maximum absolute atomic E-state index is 8.91. The Bertz CT molecular complexity index is 694. The van der Waals surface area contributed by atoms with Crippen LogP contribution in [0.25, 0.3) is 11.1 Å². The molecule has 1 aliphatic carbocycles. The molecule has 0 fully saturated rings. The highest BCUT2D eigenvalue weighted by atomic mass is 16.4. The summed E-state index contributed by atoms with van der Waals surface area (Å²) in [5.74, 6) is 0. The second-order valence-corrected chi connectivity index (χ2v) is 4.61. The van der Waals surface area contributed by atoms with E-state index in [0.717, 1.165) is 35.2 Å². The third-order valence-corrected chi connectivity index (χ3v) is 3.52. The summed E-state index contributed by atoms with van der Waals surface area (Å²) in [6.45, 7) is 0. The van der Waals surface area contributed by atoms with Gasteiger partial charge in [-0.15, -0.1) is 0 Å². The van der Waals surface area contributed by atoms with E-state index < -0.39 is 0 Å². The molecule has 3 heteroatoms. The number of hydrogen-bond donors (Lipinski definition) is 1. The van der Waals surface area contributed by atoms with Gasteiger partial charge in [0.15, 0.2) is 0 Å². The molecule has 0 atom stereocenters. The molecule has 0 bridgehead atoms. The summed E-state index contributed by atoms with van der Waals surface area (Å²) in [7, 11) is 0. The number of fused-ring (bicyclic) bond motifs is 1. The molecule has 0 aromatic heterocycles. The number of oxime groups is 1. The van der Waals surface area contributed by atoms with Crippen LogP contribution >= 0.6 is 0 Å². The van der Waals surface area contributed by atoms with Crippen LogP contribution in [0, 0.1) is 11.3 Å². The summed E-state index contributed by atoms with van der Waals surface area (Å²) in [6.07, 6.45) is 1.71. The van der Waals surface area contributed by atoms with Crippen molar-refractivity contribution in [1.82, 2.24) is 0 Å². The summed E-state index contributed by atoms with van der Waals surface area (Å²) >= 11 is 0. The van der Waals surface area contributed by atoms with Crippen LogP contribution in [0.5, 0.6) is 0 Å². The number of nitriles is 1. The Kier molecular flexibility index (Phi) is 2.77. The lowest BCUT2D eigenvalue weighted by atomic mass is 9.99. The Balaban J connectivity index is 2.01. The second-order valence-electron chi connectivity index (χ2n) is 4.61. The predicted molar refractivity (Wildman–Crippen MR) is 73.2 cm³/mol. The summed E-state index contributed by atoms with van der Waals surface area (Å²) in [6, 6.07) is 15.8. The minimum atomic E-state index is 0.666. The molecule has 92 valence electrons. The minimum absolute atomic E-state index is 0.666. The van der Waals surface area contributed by atoms with E-state index in [2.05, 4.69) is 17.3 Å². The van der Waals surface area contributed by atoms with Gasteiger partial charge in [0, 0.05) is 5.56 Å². The zero-order chi connectivity index (χ0) is 13.2. The molecule has 2 aromatic carbocycles. The van der Waals surface area contributed by atoms with Gasteiger partial charge in [0.1, 0.15) is 0 Å². The Morgan fingerprint density at radius 3 is 2.42 bits per heavy atom. The van der Waals surface area contributed by atoms with Crippen molar-refractivity contribution in [2.24, 2.45) is 5.16 Å². The van der Waals surface area contributed by atoms with E-state index in [1.807, 2.05) is 36.4 Å². The standard InChI is InChI=1S/C16H12N2O/c17-10-11-1-3-12(4-2-11)13-5-7-15-14(9-13)6-8-16(15)18-19/h1-5,7,9,19H,6,8H2/b18-16+. The van der Waals surface area contributed by atoms with E-state index in [1.165, 1.54) is 5.56 Å². The zero-order valence-corrected chi connectivity index (χ0v) is 10.3. The van der Waals surface area contributed by atoms with Crippen molar-refractivity contribution in [3.63, 3.8) is 0 Å². The minimum Gasteiger partial charge on any atom is -0.411 e. The molecule has 19 heavy (non-hydrogen) atoms. The second kappa shape index (κ2) is 4.58. The van der Waals surface area contributed by atoms with E-state index in [1.54, 1.807) is 0 Å². The zero-order valence-electron chi connectivity index (χ0n) is 10.3. The van der Waals surface area contributed by atoms with Crippen molar-refractivity contribution in [1.29, 1.82) is 5.26 Å². The maximum Gasteiger partial charge on any atom is 0.0991 e. The number of hydrogen-bond acceptors (Lipinski definition) is 3. The predicted octanol–water partition coefficient (Wildman–Crippen LogP) is 3.35. The molecule has 0 heterocycles. The molecule has 0 spiro atoms. The van der Waals surface area contributed by atoms with Crippen LogP contribution in [0.3, 0.4) is 0 Å². The fourth-order valence-corrected chi connectivity index (χ4v) is 2.49. The Labute approximate surface area is 111 Å². The molecular formula is C16H12N2O. The van der Waals surface area contributed by atoms with Gasteiger partial charge in [-0.2, -0.15) is 5.26 Å². The Morgan fingerprint density at radius 2 is 1.74 bits per heavy atom. The van der Waals surface area contributed by atoms with Gasteiger partial charge in [0.2, 0.25) is 0 Å². The first-order valence-electron chi connectivity index (χ1n) is 6.16. The summed E-state index contributed by atoms with van der Waals surface area (Å²) in [5.41, 5.74) is 5.91. The van der Waals surface area contributed by atoms with E-state index in [-0.39, 0.29) is 0 Å². The Hall–Kier alpha value is -2.60. The van der Waals surface area contributed by atoms with E-state index in [0.29, 0.717) is 5.56 Å². The van der Waals surface area contributed by atoms with Gasteiger partial charge in [-0.1, -0.05) is 35.5 Å². The first-order valence-corrected chi connectivity index (χ1v) is 6.16. The third-order valence-electron chi connectivity index (χ3n) is 3.52. The molecule has 0 amide bonds. The molecule has 0 radical (unpaired) electrons. The van der Waals surface area contributed by atoms with Crippen molar-refractivity contribution in [3.8, 4) is 17.2 Å². The molecular weight excluding hydrogens is 236 g/mol. The number of rotatable bonds is 1. The molecule has 2 aromatic rings. The van der Waals surface area contributed by atoms with Crippen LogP contribution in [0.4, 0.5) is 0 Å². The van der Waals surface area contributed by atoms with Crippen molar-refractivity contribution in [3.05, 3.63) is 59.2 Å². The topological polar surface area (TPSA) is 56.4 Å². The van der Waals surface area contributed by atoms with Gasteiger partial charge in [0.25, 0.3) is 0 Å². The first kappa shape index (κ1) is 11.5. The van der Waals surface area contributed by atoms with Crippen LogP contribution in [-0.2, 0) is 6.42 Å². The van der Waals surface area contributed by atoms with Crippen LogP contribution in [-0.4, -0.2) is 10.9 Å². The summed E-state index contributed by atoms with van der Waals surface area (Å²) in [4.78, 5) is 0. The van der Waals surface area contributed by atoms with Crippen molar-refractivity contribution in [2.75, 3.05) is 0 Å². The van der Waals surface area contributed by atoms with Gasteiger partial charge in [-0.25, -0.2) is 0 Å². The average Bonchev–Trinajstić information content (AvgIpc) is 2.89.